The number of benzene rings is 1. The van der Waals surface area contributed by atoms with Gasteiger partial charge in [0.15, 0.2) is 11.6 Å². The van der Waals surface area contributed by atoms with Gasteiger partial charge < -0.3 is 10.1 Å². The molecule has 17 heavy (non-hydrogen) atoms. The van der Waals surface area contributed by atoms with Gasteiger partial charge in [0, 0.05) is 17.1 Å². The van der Waals surface area contributed by atoms with Crippen LogP contribution in [0.1, 0.15) is 20.8 Å². The summed E-state index contributed by atoms with van der Waals surface area (Å²) in [5.74, 6) is 0.544. The standard InChI is InChI=1S/C13H19BrFNO/c1-9(2)10(3)16-6-7-17-13-5-4-11(14)8-12(13)15/h4-5,8-10,16H,6-7H2,1-3H3. The van der Waals surface area contributed by atoms with Crippen LogP contribution >= 0.6 is 15.9 Å². The molecule has 0 amide bonds. The molecule has 1 N–H and O–H groups in total. The molecule has 0 heterocycles. The number of hydrogen-bond donors (Lipinski definition) is 1. The molecule has 4 heteroatoms. The number of rotatable bonds is 6. The fourth-order valence-corrected chi connectivity index (χ4v) is 1.61. The second kappa shape index (κ2) is 6.97. The monoisotopic (exact) mass is 303 g/mol. The zero-order valence-corrected chi connectivity index (χ0v) is 12.1. The Balaban J connectivity index is 2.31. The zero-order chi connectivity index (χ0) is 12.8. The van der Waals surface area contributed by atoms with Crippen LogP contribution in [0.25, 0.3) is 0 Å². The van der Waals surface area contributed by atoms with Crippen LogP contribution in [0, 0.1) is 11.7 Å². The van der Waals surface area contributed by atoms with Crippen molar-refractivity contribution in [3.63, 3.8) is 0 Å². The molecular weight excluding hydrogens is 285 g/mol. The molecule has 1 unspecified atom stereocenters. The van der Waals surface area contributed by atoms with E-state index in [4.69, 9.17) is 4.74 Å². The fraction of sp³-hybridized carbons (Fsp3) is 0.538. The first-order valence-corrected chi connectivity index (χ1v) is 6.61. The number of hydrogen-bond acceptors (Lipinski definition) is 2. The molecule has 0 radical (unpaired) electrons. The molecule has 0 aliphatic heterocycles. The molecular formula is C13H19BrFNO. The maximum atomic E-state index is 13.4. The highest BCUT2D eigenvalue weighted by atomic mass is 79.9. The summed E-state index contributed by atoms with van der Waals surface area (Å²) >= 11 is 3.21. The van der Waals surface area contributed by atoms with Gasteiger partial charge in [-0.3, -0.25) is 0 Å². The van der Waals surface area contributed by atoms with E-state index in [1.54, 1.807) is 12.1 Å². The van der Waals surface area contributed by atoms with Crippen LogP contribution in [0.3, 0.4) is 0 Å². The summed E-state index contributed by atoms with van der Waals surface area (Å²) in [6.07, 6.45) is 0. The average Bonchev–Trinajstić information content (AvgIpc) is 2.26. The number of ether oxygens (including phenoxy) is 1. The summed E-state index contributed by atoms with van der Waals surface area (Å²) in [5.41, 5.74) is 0. The Bertz CT molecular complexity index is 357. The van der Waals surface area contributed by atoms with Gasteiger partial charge >= 0.3 is 0 Å². The van der Waals surface area contributed by atoms with Gasteiger partial charge in [-0.2, -0.15) is 0 Å². The van der Waals surface area contributed by atoms with Crippen molar-refractivity contribution in [2.75, 3.05) is 13.2 Å². The van der Waals surface area contributed by atoms with Gasteiger partial charge in [-0.15, -0.1) is 0 Å². The second-order valence-corrected chi connectivity index (χ2v) is 5.33. The molecule has 0 fully saturated rings. The highest BCUT2D eigenvalue weighted by Gasteiger charge is 2.06. The van der Waals surface area contributed by atoms with E-state index in [0.717, 1.165) is 6.54 Å². The van der Waals surface area contributed by atoms with Crippen molar-refractivity contribution in [2.24, 2.45) is 5.92 Å². The lowest BCUT2D eigenvalue weighted by Crippen LogP contribution is -2.33. The minimum atomic E-state index is -0.337. The summed E-state index contributed by atoms with van der Waals surface area (Å²) in [7, 11) is 0. The van der Waals surface area contributed by atoms with E-state index in [0.29, 0.717) is 28.8 Å². The van der Waals surface area contributed by atoms with Crippen LogP contribution in [0.5, 0.6) is 5.75 Å². The summed E-state index contributed by atoms with van der Waals surface area (Å²) in [6, 6.07) is 5.24. The summed E-state index contributed by atoms with van der Waals surface area (Å²) in [6.45, 7) is 7.63. The fourth-order valence-electron chi connectivity index (χ4n) is 1.28. The van der Waals surface area contributed by atoms with Crippen molar-refractivity contribution in [3.05, 3.63) is 28.5 Å². The predicted octanol–water partition coefficient (Wildman–Crippen LogP) is 3.60. The predicted molar refractivity (Wildman–Crippen MR) is 71.9 cm³/mol. The molecule has 1 rings (SSSR count). The van der Waals surface area contributed by atoms with Gasteiger partial charge in [-0.05, 0) is 31.0 Å². The van der Waals surface area contributed by atoms with Crippen LogP contribution < -0.4 is 10.1 Å². The SMILES string of the molecule is CC(C)C(C)NCCOc1ccc(Br)cc1F. The van der Waals surface area contributed by atoms with Crippen molar-refractivity contribution in [1.82, 2.24) is 5.32 Å². The molecule has 96 valence electrons. The van der Waals surface area contributed by atoms with Gasteiger partial charge in [0.2, 0.25) is 0 Å². The molecule has 0 spiro atoms. The maximum Gasteiger partial charge on any atom is 0.166 e. The Morgan fingerprint density at radius 1 is 1.35 bits per heavy atom. The van der Waals surface area contributed by atoms with Crippen LogP contribution in [0.2, 0.25) is 0 Å². The Kier molecular flexibility index (Phi) is 5.92. The normalized spacial score (nSPS) is 12.8. The average molecular weight is 304 g/mol. The first-order valence-electron chi connectivity index (χ1n) is 5.82. The van der Waals surface area contributed by atoms with Crippen molar-refractivity contribution >= 4 is 15.9 Å². The smallest absolute Gasteiger partial charge is 0.166 e. The molecule has 0 saturated heterocycles. The van der Waals surface area contributed by atoms with Crippen molar-refractivity contribution < 1.29 is 9.13 Å². The Labute approximate surface area is 111 Å². The van der Waals surface area contributed by atoms with Crippen LogP contribution in [-0.2, 0) is 0 Å². The van der Waals surface area contributed by atoms with E-state index in [9.17, 15) is 4.39 Å². The third-order valence-electron chi connectivity index (χ3n) is 2.72. The van der Waals surface area contributed by atoms with Gasteiger partial charge in [0.05, 0.1) is 0 Å². The lowest BCUT2D eigenvalue weighted by atomic mass is 10.1. The van der Waals surface area contributed by atoms with E-state index >= 15 is 0 Å². The molecule has 1 aromatic rings. The van der Waals surface area contributed by atoms with Crippen molar-refractivity contribution in [3.8, 4) is 5.75 Å². The van der Waals surface area contributed by atoms with Crippen LogP contribution in [0.15, 0.2) is 22.7 Å². The topological polar surface area (TPSA) is 21.3 Å². The quantitative estimate of drug-likeness (QED) is 0.811. The van der Waals surface area contributed by atoms with Crippen LogP contribution in [0.4, 0.5) is 4.39 Å². The van der Waals surface area contributed by atoms with Crippen molar-refractivity contribution in [1.29, 1.82) is 0 Å². The molecule has 1 aromatic carbocycles. The van der Waals surface area contributed by atoms with Crippen LogP contribution in [-0.4, -0.2) is 19.2 Å². The molecule has 0 aromatic heterocycles. The molecule has 0 saturated carbocycles. The second-order valence-electron chi connectivity index (χ2n) is 4.41. The minimum absolute atomic E-state index is 0.298. The Morgan fingerprint density at radius 2 is 2.06 bits per heavy atom. The first kappa shape index (κ1) is 14.5. The maximum absolute atomic E-state index is 13.4. The van der Waals surface area contributed by atoms with Gasteiger partial charge in [-0.25, -0.2) is 4.39 Å². The lowest BCUT2D eigenvalue weighted by Gasteiger charge is -2.17. The highest BCUT2D eigenvalue weighted by molar-refractivity contribution is 9.10. The third kappa shape index (κ3) is 5.04. The summed E-state index contributed by atoms with van der Waals surface area (Å²) in [4.78, 5) is 0. The van der Waals surface area contributed by atoms with E-state index in [-0.39, 0.29) is 5.82 Å². The Morgan fingerprint density at radius 3 is 2.65 bits per heavy atom. The zero-order valence-electron chi connectivity index (χ0n) is 10.5. The number of nitrogens with one attached hydrogen (secondary N) is 1. The number of halogens is 2. The highest BCUT2D eigenvalue weighted by Crippen LogP contribution is 2.21. The van der Waals surface area contributed by atoms with E-state index in [2.05, 4.69) is 42.0 Å². The van der Waals surface area contributed by atoms with E-state index in [1.165, 1.54) is 6.07 Å². The molecule has 0 bridgehead atoms. The lowest BCUT2D eigenvalue weighted by molar-refractivity contribution is 0.284. The summed E-state index contributed by atoms with van der Waals surface area (Å²) < 4.78 is 19.5. The Hall–Kier alpha value is -0.610. The van der Waals surface area contributed by atoms with Gasteiger partial charge in [0.1, 0.15) is 6.61 Å². The van der Waals surface area contributed by atoms with Gasteiger partial charge in [0.25, 0.3) is 0 Å². The molecule has 2 nitrogen and oxygen atoms in total. The summed E-state index contributed by atoms with van der Waals surface area (Å²) in [5, 5.41) is 3.33. The van der Waals surface area contributed by atoms with E-state index in [1.807, 2.05) is 0 Å². The third-order valence-corrected chi connectivity index (χ3v) is 3.21. The van der Waals surface area contributed by atoms with Gasteiger partial charge in [-0.1, -0.05) is 29.8 Å². The first-order chi connectivity index (χ1) is 8.00. The minimum Gasteiger partial charge on any atom is -0.489 e. The molecule has 0 aliphatic carbocycles. The molecule has 0 aliphatic rings. The largest absolute Gasteiger partial charge is 0.489 e. The van der Waals surface area contributed by atoms with E-state index < -0.39 is 0 Å². The molecule has 1 atom stereocenters. The van der Waals surface area contributed by atoms with Crippen molar-refractivity contribution in [2.45, 2.75) is 26.8 Å².